The van der Waals surface area contributed by atoms with Crippen LogP contribution in [0.5, 0.6) is 11.5 Å². The molecule has 0 aliphatic heterocycles. The van der Waals surface area contributed by atoms with Crippen LogP contribution in [0.4, 0.5) is 5.82 Å². The topological polar surface area (TPSA) is 94.1 Å². The summed E-state index contributed by atoms with van der Waals surface area (Å²) in [6.45, 7) is 1.50. The van der Waals surface area contributed by atoms with Crippen LogP contribution in [0.15, 0.2) is 46.0 Å². The first-order valence-electron chi connectivity index (χ1n) is 7.60. The molecule has 2 rings (SSSR count). The van der Waals surface area contributed by atoms with Gasteiger partial charge in [-0.05, 0) is 40.2 Å². The van der Waals surface area contributed by atoms with Gasteiger partial charge in [0, 0.05) is 13.1 Å². The van der Waals surface area contributed by atoms with Gasteiger partial charge < -0.3 is 19.6 Å². The number of aliphatic imine (C=N–C) groups is 1. The standard InChI is InChI=1S/C17H19BrN4O4/c1-11(23)26-22-17(21-16-13(18)6-5-9-19-16)20-10-12-14(24-2)7-4-8-15(12)25-3/h4-9H,10H2,1-3H3,(H2,19,20,21,22). The van der Waals surface area contributed by atoms with Crippen LogP contribution in [-0.4, -0.2) is 31.1 Å². The number of benzene rings is 1. The van der Waals surface area contributed by atoms with Crippen molar-refractivity contribution in [1.82, 2.24) is 10.5 Å². The fourth-order valence-electron chi connectivity index (χ4n) is 2.05. The van der Waals surface area contributed by atoms with Crippen molar-refractivity contribution in [3.05, 3.63) is 46.6 Å². The zero-order chi connectivity index (χ0) is 18.9. The summed E-state index contributed by atoms with van der Waals surface area (Å²) in [7, 11) is 3.15. The molecule has 0 radical (unpaired) electrons. The summed E-state index contributed by atoms with van der Waals surface area (Å²) >= 11 is 3.39. The first-order chi connectivity index (χ1) is 12.5. The average molecular weight is 423 g/mol. The number of nitrogens with one attached hydrogen (secondary N) is 2. The summed E-state index contributed by atoms with van der Waals surface area (Å²) in [4.78, 5) is 24.6. The number of aromatic nitrogens is 1. The van der Waals surface area contributed by atoms with Crippen molar-refractivity contribution in [2.75, 3.05) is 19.5 Å². The van der Waals surface area contributed by atoms with Crippen molar-refractivity contribution >= 4 is 33.7 Å². The molecule has 26 heavy (non-hydrogen) atoms. The number of pyridine rings is 1. The molecule has 0 aliphatic rings. The minimum absolute atomic E-state index is 0.201. The number of rotatable bonds is 5. The maximum atomic E-state index is 11.1. The predicted octanol–water partition coefficient (Wildman–Crippen LogP) is 2.90. The molecule has 0 bridgehead atoms. The Kier molecular flexibility index (Phi) is 7.22. The van der Waals surface area contributed by atoms with Crippen molar-refractivity contribution in [1.29, 1.82) is 0 Å². The Balaban J connectivity index is 2.28. The molecule has 1 aromatic carbocycles. The van der Waals surface area contributed by atoms with Crippen LogP contribution in [-0.2, 0) is 16.2 Å². The Morgan fingerprint density at radius 2 is 1.88 bits per heavy atom. The molecule has 2 aromatic rings. The first kappa shape index (κ1) is 19.5. The van der Waals surface area contributed by atoms with Crippen molar-refractivity contribution in [3.8, 4) is 11.5 Å². The molecule has 1 heterocycles. The SMILES string of the molecule is COc1cccc(OC)c1CN=C(NOC(C)=O)Nc1ncccc1Br. The highest BCUT2D eigenvalue weighted by molar-refractivity contribution is 9.10. The summed E-state index contributed by atoms with van der Waals surface area (Å²) in [5.41, 5.74) is 3.24. The molecule has 0 aliphatic carbocycles. The zero-order valence-corrected chi connectivity index (χ0v) is 16.2. The Bertz CT molecular complexity index is 776. The lowest BCUT2D eigenvalue weighted by atomic mass is 10.2. The molecule has 0 unspecified atom stereocenters. The summed E-state index contributed by atoms with van der Waals surface area (Å²) in [5, 5.41) is 2.97. The van der Waals surface area contributed by atoms with E-state index in [1.807, 2.05) is 24.3 Å². The lowest BCUT2D eigenvalue weighted by Gasteiger charge is -2.14. The summed E-state index contributed by atoms with van der Waals surface area (Å²) in [5.74, 6) is 1.48. The van der Waals surface area contributed by atoms with Gasteiger partial charge in [-0.25, -0.2) is 9.98 Å². The van der Waals surface area contributed by atoms with Gasteiger partial charge in [0.25, 0.3) is 0 Å². The molecular formula is C17H19BrN4O4. The van der Waals surface area contributed by atoms with Crippen LogP contribution in [0.3, 0.4) is 0 Å². The van der Waals surface area contributed by atoms with E-state index in [1.54, 1.807) is 26.5 Å². The quantitative estimate of drug-likeness (QED) is 0.434. The van der Waals surface area contributed by atoms with Gasteiger partial charge in [0.2, 0.25) is 5.96 Å². The number of halogens is 1. The maximum Gasteiger partial charge on any atom is 0.329 e. The van der Waals surface area contributed by atoms with Crippen LogP contribution in [0.25, 0.3) is 0 Å². The molecule has 0 spiro atoms. The molecule has 0 fully saturated rings. The third kappa shape index (κ3) is 5.35. The van der Waals surface area contributed by atoms with E-state index in [2.05, 4.69) is 36.7 Å². The minimum Gasteiger partial charge on any atom is -0.496 e. The summed E-state index contributed by atoms with van der Waals surface area (Å²) in [6.07, 6.45) is 1.62. The molecule has 2 N–H and O–H groups in total. The number of hydrogen-bond donors (Lipinski definition) is 2. The largest absolute Gasteiger partial charge is 0.496 e. The average Bonchev–Trinajstić information content (AvgIpc) is 2.65. The van der Waals surface area contributed by atoms with E-state index in [9.17, 15) is 4.79 Å². The normalized spacial score (nSPS) is 10.8. The second-order valence-electron chi connectivity index (χ2n) is 4.96. The van der Waals surface area contributed by atoms with E-state index < -0.39 is 5.97 Å². The Morgan fingerprint density at radius 3 is 2.46 bits per heavy atom. The Hall–Kier alpha value is -2.81. The van der Waals surface area contributed by atoms with E-state index in [-0.39, 0.29) is 12.5 Å². The van der Waals surface area contributed by atoms with Gasteiger partial charge in [-0.1, -0.05) is 6.07 Å². The van der Waals surface area contributed by atoms with Gasteiger partial charge in [-0.2, -0.15) is 5.48 Å². The van der Waals surface area contributed by atoms with Crippen LogP contribution in [0, 0.1) is 0 Å². The van der Waals surface area contributed by atoms with Crippen LogP contribution in [0.2, 0.25) is 0 Å². The fraction of sp³-hybridized carbons (Fsp3) is 0.235. The number of guanidine groups is 1. The van der Waals surface area contributed by atoms with Crippen molar-refractivity contribution in [2.24, 2.45) is 4.99 Å². The van der Waals surface area contributed by atoms with Crippen molar-refractivity contribution in [2.45, 2.75) is 13.5 Å². The highest BCUT2D eigenvalue weighted by atomic mass is 79.9. The van der Waals surface area contributed by atoms with Crippen LogP contribution in [0.1, 0.15) is 12.5 Å². The van der Waals surface area contributed by atoms with E-state index in [1.165, 1.54) is 6.92 Å². The lowest BCUT2D eigenvalue weighted by Crippen LogP contribution is -2.33. The third-order valence-electron chi connectivity index (χ3n) is 3.21. The highest BCUT2D eigenvalue weighted by Crippen LogP contribution is 2.29. The smallest absolute Gasteiger partial charge is 0.329 e. The zero-order valence-electron chi connectivity index (χ0n) is 14.6. The van der Waals surface area contributed by atoms with Gasteiger partial charge in [0.1, 0.15) is 17.3 Å². The van der Waals surface area contributed by atoms with Crippen molar-refractivity contribution in [3.63, 3.8) is 0 Å². The number of hydrogen-bond acceptors (Lipinski definition) is 6. The number of carbonyl (C=O) groups is 1. The number of ether oxygens (including phenoxy) is 2. The number of methoxy groups -OCH3 is 2. The van der Waals surface area contributed by atoms with Crippen LogP contribution >= 0.6 is 15.9 Å². The van der Waals surface area contributed by atoms with E-state index in [0.29, 0.717) is 17.3 Å². The van der Waals surface area contributed by atoms with Gasteiger partial charge in [0.15, 0.2) is 0 Å². The first-order valence-corrected chi connectivity index (χ1v) is 8.39. The molecular weight excluding hydrogens is 404 g/mol. The number of nitrogens with zero attached hydrogens (tertiary/aromatic N) is 2. The molecule has 0 atom stereocenters. The molecule has 0 saturated heterocycles. The Morgan fingerprint density at radius 1 is 1.19 bits per heavy atom. The van der Waals surface area contributed by atoms with E-state index >= 15 is 0 Å². The summed E-state index contributed by atoms with van der Waals surface area (Å²) < 4.78 is 11.4. The molecule has 0 saturated carbocycles. The number of carbonyl (C=O) groups excluding carboxylic acids is 1. The highest BCUT2D eigenvalue weighted by Gasteiger charge is 2.11. The fourth-order valence-corrected chi connectivity index (χ4v) is 2.40. The van der Waals surface area contributed by atoms with Crippen LogP contribution < -0.4 is 20.3 Å². The summed E-state index contributed by atoms with van der Waals surface area (Å²) in [6, 6.07) is 9.06. The van der Waals surface area contributed by atoms with E-state index in [4.69, 9.17) is 14.3 Å². The van der Waals surface area contributed by atoms with Crippen molar-refractivity contribution < 1.29 is 19.1 Å². The number of anilines is 1. The maximum absolute atomic E-state index is 11.1. The lowest BCUT2D eigenvalue weighted by molar-refractivity contribution is -0.145. The predicted molar refractivity (Wildman–Crippen MR) is 101 cm³/mol. The van der Waals surface area contributed by atoms with Gasteiger partial charge in [-0.3, -0.25) is 4.79 Å². The second kappa shape index (κ2) is 9.62. The Labute approximate surface area is 159 Å². The second-order valence-corrected chi connectivity index (χ2v) is 5.81. The molecule has 9 heteroatoms. The molecule has 0 amide bonds. The molecule has 8 nitrogen and oxygen atoms in total. The minimum atomic E-state index is -0.505. The molecule has 138 valence electrons. The van der Waals surface area contributed by atoms with Gasteiger partial charge in [0.05, 0.1) is 30.8 Å². The van der Waals surface area contributed by atoms with E-state index in [0.717, 1.165) is 10.0 Å². The monoisotopic (exact) mass is 422 g/mol. The van der Waals surface area contributed by atoms with Gasteiger partial charge >= 0.3 is 5.97 Å². The number of hydroxylamine groups is 1. The van der Waals surface area contributed by atoms with Gasteiger partial charge in [-0.15, -0.1) is 0 Å². The molecule has 1 aromatic heterocycles. The third-order valence-corrected chi connectivity index (χ3v) is 3.85.